The molecule has 2 aromatic rings. The summed E-state index contributed by atoms with van der Waals surface area (Å²) >= 11 is 6.16. The van der Waals surface area contributed by atoms with Crippen molar-refractivity contribution in [3.8, 4) is 0 Å². The number of rotatable bonds is 4. The fourth-order valence-corrected chi connectivity index (χ4v) is 3.41. The minimum atomic E-state index is 0.0200. The Morgan fingerprint density at radius 1 is 1.04 bits per heavy atom. The predicted octanol–water partition coefficient (Wildman–Crippen LogP) is 3.36. The zero-order valence-electron chi connectivity index (χ0n) is 14.8. The summed E-state index contributed by atoms with van der Waals surface area (Å²) in [5.74, 6) is 0.0200. The van der Waals surface area contributed by atoms with E-state index in [0.717, 1.165) is 19.6 Å². The van der Waals surface area contributed by atoms with Crippen LogP contribution in [0.5, 0.6) is 0 Å². The number of carbonyl (C=O) groups is 1. The van der Waals surface area contributed by atoms with E-state index >= 15 is 0 Å². The van der Waals surface area contributed by atoms with Crippen molar-refractivity contribution >= 4 is 23.2 Å². The Kier molecular flexibility index (Phi) is 5.61. The van der Waals surface area contributed by atoms with Gasteiger partial charge < -0.3 is 14.7 Å². The minimum Gasteiger partial charge on any atom is -0.368 e. The Labute approximate surface area is 154 Å². The van der Waals surface area contributed by atoms with Gasteiger partial charge >= 0.3 is 0 Å². The van der Waals surface area contributed by atoms with Gasteiger partial charge in [-0.15, -0.1) is 0 Å². The summed E-state index contributed by atoms with van der Waals surface area (Å²) in [6.07, 6.45) is 0. The first-order valence-corrected chi connectivity index (χ1v) is 8.95. The van der Waals surface area contributed by atoms with Crippen molar-refractivity contribution in [2.45, 2.75) is 6.54 Å². The number of anilines is 1. The number of benzene rings is 2. The van der Waals surface area contributed by atoms with Gasteiger partial charge in [0, 0.05) is 38.4 Å². The van der Waals surface area contributed by atoms with E-state index in [1.54, 1.807) is 12.1 Å². The molecule has 1 heterocycles. The third-order valence-corrected chi connectivity index (χ3v) is 4.78. The molecule has 2 aromatic carbocycles. The zero-order valence-corrected chi connectivity index (χ0v) is 15.5. The second kappa shape index (κ2) is 7.89. The van der Waals surface area contributed by atoms with Crippen molar-refractivity contribution in [1.29, 1.82) is 0 Å². The molecule has 1 amide bonds. The van der Waals surface area contributed by atoms with Gasteiger partial charge in [0.15, 0.2) is 0 Å². The molecule has 25 heavy (non-hydrogen) atoms. The maximum absolute atomic E-state index is 12.7. The Balaban J connectivity index is 1.64. The number of hydrogen-bond donors (Lipinski definition) is 0. The molecule has 0 N–H and O–H groups in total. The number of amides is 1. The van der Waals surface area contributed by atoms with Gasteiger partial charge in [0.1, 0.15) is 0 Å². The SMILES string of the molecule is CN(C)Cc1cccc(N2CCN(C(=O)c3ccccc3Cl)CC2)c1. The van der Waals surface area contributed by atoms with Gasteiger partial charge in [0.25, 0.3) is 5.91 Å². The van der Waals surface area contributed by atoms with E-state index in [2.05, 4.69) is 48.2 Å². The molecule has 4 nitrogen and oxygen atoms in total. The van der Waals surface area contributed by atoms with Crippen molar-refractivity contribution in [1.82, 2.24) is 9.80 Å². The largest absolute Gasteiger partial charge is 0.368 e. The Hall–Kier alpha value is -2.04. The molecule has 0 atom stereocenters. The standard InChI is InChI=1S/C20H24ClN3O/c1-22(2)15-16-6-5-7-17(14-16)23-10-12-24(13-11-23)20(25)18-8-3-4-9-19(18)21/h3-9,14H,10-13,15H2,1-2H3. The Morgan fingerprint density at radius 3 is 2.44 bits per heavy atom. The molecule has 132 valence electrons. The fourth-order valence-electron chi connectivity index (χ4n) is 3.19. The highest BCUT2D eigenvalue weighted by molar-refractivity contribution is 6.33. The van der Waals surface area contributed by atoms with Crippen molar-refractivity contribution in [2.24, 2.45) is 0 Å². The Morgan fingerprint density at radius 2 is 1.76 bits per heavy atom. The molecule has 0 saturated carbocycles. The highest BCUT2D eigenvalue weighted by Gasteiger charge is 2.23. The molecule has 3 rings (SSSR count). The number of hydrogen-bond acceptors (Lipinski definition) is 3. The van der Waals surface area contributed by atoms with Crippen LogP contribution in [0.4, 0.5) is 5.69 Å². The van der Waals surface area contributed by atoms with Gasteiger partial charge in [-0.2, -0.15) is 0 Å². The second-order valence-corrected chi connectivity index (χ2v) is 7.07. The maximum Gasteiger partial charge on any atom is 0.255 e. The van der Waals surface area contributed by atoms with Crippen LogP contribution in [-0.4, -0.2) is 56.0 Å². The molecule has 0 unspecified atom stereocenters. The molecule has 0 aliphatic carbocycles. The van der Waals surface area contributed by atoms with E-state index in [-0.39, 0.29) is 5.91 Å². The van der Waals surface area contributed by atoms with E-state index in [0.29, 0.717) is 23.7 Å². The fraction of sp³-hybridized carbons (Fsp3) is 0.350. The number of halogens is 1. The summed E-state index contributed by atoms with van der Waals surface area (Å²) in [5.41, 5.74) is 3.12. The molecule has 0 bridgehead atoms. The monoisotopic (exact) mass is 357 g/mol. The van der Waals surface area contributed by atoms with Crippen LogP contribution in [0.25, 0.3) is 0 Å². The first-order chi connectivity index (χ1) is 12.0. The Bertz CT molecular complexity index is 739. The first kappa shape index (κ1) is 17.8. The van der Waals surface area contributed by atoms with Crippen LogP contribution >= 0.6 is 11.6 Å². The summed E-state index contributed by atoms with van der Waals surface area (Å²) < 4.78 is 0. The number of nitrogens with zero attached hydrogens (tertiary/aromatic N) is 3. The average molecular weight is 358 g/mol. The van der Waals surface area contributed by atoms with Crippen molar-refractivity contribution in [3.63, 3.8) is 0 Å². The van der Waals surface area contributed by atoms with Crippen LogP contribution in [0.1, 0.15) is 15.9 Å². The molecular weight excluding hydrogens is 334 g/mol. The molecule has 1 aliphatic rings. The number of piperazine rings is 1. The van der Waals surface area contributed by atoms with Crippen molar-refractivity contribution < 1.29 is 4.79 Å². The van der Waals surface area contributed by atoms with E-state index in [1.165, 1.54) is 11.3 Å². The highest BCUT2D eigenvalue weighted by atomic mass is 35.5. The first-order valence-electron chi connectivity index (χ1n) is 8.57. The van der Waals surface area contributed by atoms with E-state index in [1.807, 2.05) is 17.0 Å². The summed E-state index contributed by atoms with van der Waals surface area (Å²) in [4.78, 5) is 19.1. The van der Waals surface area contributed by atoms with Gasteiger partial charge in [0.2, 0.25) is 0 Å². The van der Waals surface area contributed by atoms with Crippen LogP contribution in [0.3, 0.4) is 0 Å². The third kappa shape index (κ3) is 4.33. The third-order valence-electron chi connectivity index (χ3n) is 4.45. The maximum atomic E-state index is 12.7. The molecule has 1 fully saturated rings. The summed E-state index contributed by atoms with van der Waals surface area (Å²) in [7, 11) is 4.15. The van der Waals surface area contributed by atoms with Crippen molar-refractivity contribution in [2.75, 3.05) is 45.2 Å². The highest BCUT2D eigenvalue weighted by Crippen LogP contribution is 2.21. The topological polar surface area (TPSA) is 26.8 Å². The summed E-state index contributed by atoms with van der Waals surface area (Å²) in [6, 6.07) is 15.9. The number of carbonyl (C=O) groups excluding carboxylic acids is 1. The molecule has 5 heteroatoms. The second-order valence-electron chi connectivity index (χ2n) is 6.67. The van der Waals surface area contributed by atoms with Crippen molar-refractivity contribution in [3.05, 3.63) is 64.7 Å². The van der Waals surface area contributed by atoms with Crippen LogP contribution in [-0.2, 0) is 6.54 Å². The van der Waals surface area contributed by atoms with E-state index < -0.39 is 0 Å². The van der Waals surface area contributed by atoms with Gasteiger partial charge in [-0.3, -0.25) is 4.79 Å². The smallest absolute Gasteiger partial charge is 0.255 e. The lowest BCUT2D eigenvalue weighted by Gasteiger charge is -2.36. The van der Waals surface area contributed by atoms with E-state index in [9.17, 15) is 4.79 Å². The lowest BCUT2D eigenvalue weighted by atomic mass is 10.1. The molecule has 1 aliphatic heterocycles. The lowest BCUT2D eigenvalue weighted by molar-refractivity contribution is 0.0747. The van der Waals surface area contributed by atoms with Gasteiger partial charge in [-0.1, -0.05) is 35.9 Å². The van der Waals surface area contributed by atoms with E-state index in [4.69, 9.17) is 11.6 Å². The summed E-state index contributed by atoms with van der Waals surface area (Å²) in [6.45, 7) is 4.02. The van der Waals surface area contributed by atoms with Gasteiger partial charge in [-0.05, 0) is 43.9 Å². The van der Waals surface area contributed by atoms with Gasteiger partial charge in [0.05, 0.1) is 10.6 Å². The average Bonchev–Trinajstić information content (AvgIpc) is 2.61. The molecular formula is C20H24ClN3O. The molecule has 0 radical (unpaired) electrons. The quantitative estimate of drug-likeness (QED) is 0.839. The predicted molar refractivity (Wildman–Crippen MR) is 103 cm³/mol. The lowest BCUT2D eigenvalue weighted by Crippen LogP contribution is -2.48. The van der Waals surface area contributed by atoms with Gasteiger partial charge in [-0.25, -0.2) is 0 Å². The molecule has 1 saturated heterocycles. The van der Waals surface area contributed by atoms with Crippen LogP contribution in [0.2, 0.25) is 5.02 Å². The van der Waals surface area contributed by atoms with Crippen LogP contribution in [0.15, 0.2) is 48.5 Å². The van der Waals surface area contributed by atoms with Crippen LogP contribution in [0, 0.1) is 0 Å². The molecule has 0 aromatic heterocycles. The van der Waals surface area contributed by atoms with Crippen LogP contribution < -0.4 is 4.90 Å². The zero-order chi connectivity index (χ0) is 17.8. The minimum absolute atomic E-state index is 0.0200. The molecule has 0 spiro atoms. The summed E-state index contributed by atoms with van der Waals surface area (Å²) in [5, 5.41) is 0.520. The normalized spacial score (nSPS) is 14.9.